The Balaban J connectivity index is 1.87. The van der Waals surface area contributed by atoms with Crippen LogP contribution in [0.15, 0.2) is 35.7 Å². The predicted octanol–water partition coefficient (Wildman–Crippen LogP) is 3.45. The molecule has 4 heteroatoms. The van der Waals surface area contributed by atoms with Crippen LogP contribution in [0.3, 0.4) is 0 Å². The Bertz CT molecular complexity index is 592. The minimum absolute atomic E-state index is 0.0979. The molecule has 1 heterocycles. The molecular weight excluding hydrogens is 270 g/mol. The lowest BCUT2D eigenvalue weighted by atomic mass is 10.2. The maximum Gasteiger partial charge on any atom is 0.261 e. The maximum atomic E-state index is 12.0. The van der Waals surface area contributed by atoms with Crippen molar-refractivity contribution < 1.29 is 9.53 Å². The van der Waals surface area contributed by atoms with Crippen molar-refractivity contribution in [3.05, 3.63) is 51.7 Å². The maximum absolute atomic E-state index is 12.0. The van der Waals surface area contributed by atoms with E-state index in [0.29, 0.717) is 6.54 Å². The van der Waals surface area contributed by atoms with E-state index in [2.05, 4.69) is 11.4 Å². The van der Waals surface area contributed by atoms with Gasteiger partial charge in [-0.1, -0.05) is 12.1 Å². The molecule has 2 aromatic rings. The molecule has 0 aliphatic carbocycles. The summed E-state index contributed by atoms with van der Waals surface area (Å²) in [6.45, 7) is 6.37. The summed E-state index contributed by atoms with van der Waals surface area (Å²) in [4.78, 5) is 13.2. The van der Waals surface area contributed by atoms with Crippen molar-refractivity contribution in [3.8, 4) is 5.75 Å². The monoisotopic (exact) mass is 289 g/mol. The number of nitrogens with one attached hydrogen (secondary N) is 1. The van der Waals surface area contributed by atoms with E-state index in [9.17, 15) is 4.79 Å². The van der Waals surface area contributed by atoms with Crippen LogP contribution in [0.1, 0.15) is 22.9 Å². The molecule has 0 bridgehead atoms. The fourth-order valence-corrected chi connectivity index (χ4v) is 2.69. The number of hydrogen-bond acceptors (Lipinski definition) is 3. The number of hydrogen-bond donors (Lipinski definition) is 1. The van der Waals surface area contributed by atoms with Crippen LogP contribution in [0.2, 0.25) is 0 Å². The van der Waals surface area contributed by atoms with Gasteiger partial charge in [0, 0.05) is 4.88 Å². The van der Waals surface area contributed by atoms with Crippen molar-refractivity contribution in [2.24, 2.45) is 0 Å². The highest BCUT2D eigenvalue weighted by Crippen LogP contribution is 2.16. The van der Waals surface area contributed by atoms with E-state index in [4.69, 9.17) is 4.74 Å². The Kier molecular flexibility index (Phi) is 4.79. The van der Waals surface area contributed by atoms with E-state index in [-0.39, 0.29) is 5.91 Å². The molecule has 0 saturated heterocycles. The van der Waals surface area contributed by atoms with Gasteiger partial charge in [-0.15, -0.1) is 11.3 Å². The number of carbonyl (C=O) groups excluding carboxylic acids is 1. The Morgan fingerprint density at radius 1 is 1.35 bits per heavy atom. The molecule has 1 N–H and O–H groups in total. The van der Waals surface area contributed by atoms with Gasteiger partial charge in [0.15, 0.2) is 6.10 Å². The number of ether oxygens (including phenoxy) is 1. The van der Waals surface area contributed by atoms with Crippen LogP contribution in [-0.4, -0.2) is 12.0 Å². The number of aryl methyl sites for hydroxylation is 2. The van der Waals surface area contributed by atoms with Gasteiger partial charge in [0.1, 0.15) is 5.75 Å². The molecule has 3 nitrogen and oxygen atoms in total. The zero-order valence-corrected chi connectivity index (χ0v) is 12.8. The molecule has 0 fully saturated rings. The van der Waals surface area contributed by atoms with Crippen LogP contribution in [0.4, 0.5) is 0 Å². The molecule has 0 radical (unpaired) electrons. The molecule has 1 aromatic carbocycles. The highest BCUT2D eigenvalue weighted by Gasteiger charge is 2.14. The second kappa shape index (κ2) is 6.57. The fourth-order valence-electron chi connectivity index (χ4n) is 1.84. The average Bonchev–Trinajstić information content (AvgIpc) is 2.81. The van der Waals surface area contributed by atoms with Crippen LogP contribution in [0.25, 0.3) is 0 Å². The Morgan fingerprint density at radius 2 is 2.15 bits per heavy atom. The number of rotatable bonds is 5. The molecule has 1 amide bonds. The van der Waals surface area contributed by atoms with Gasteiger partial charge in [0.05, 0.1) is 6.54 Å². The molecule has 2 rings (SSSR count). The summed E-state index contributed by atoms with van der Waals surface area (Å²) in [5.41, 5.74) is 2.33. The molecule has 0 aliphatic rings. The summed E-state index contributed by atoms with van der Waals surface area (Å²) in [7, 11) is 0. The molecular formula is C16H19NO2S. The third-order valence-electron chi connectivity index (χ3n) is 3.06. The molecule has 1 atom stereocenters. The lowest BCUT2D eigenvalue weighted by Crippen LogP contribution is -2.35. The Hall–Kier alpha value is -1.81. The summed E-state index contributed by atoms with van der Waals surface area (Å²) in [6.07, 6.45) is -0.503. The first-order valence-corrected chi connectivity index (χ1v) is 7.48. The number of thiophene rings is 1. The lowest BCUT2D eigenvalue weighted by Gasteiger charge is -2.15. The SMILES string of the molecule is Cc1cccc(OC(C)C(=O)NCc2sccc2C)c1. The summed E-state index contributed by atoms with van der Waals surface area (Å²) in [6, 6.07) is 9.76. The normalized spacial score (nSPS) is 11.9. The van der Waals surface area contributed by atoms with Crippen molar-refractivity contribution in [3.63, 3.8) is 0 Å². The molecule has 1 aromatic heterocycles. The van der Waals surface area contributed by atoms with Gasteiger partial charge in [-0.2, -0.15) is 0 Å². The zero-order chi connectivity index (χ0) is 14.5. The summed E-state index contributed by atoms with van der Waals surface area (Å²) in [5.74, 6) is 0.624. The smallest absolute Gasteiger partial charge is 0.261 e. The van der Waals surface area contributed by atoms with Crippen LogP contribution < -0.4 is 10.1 Å². The Labute approximate surface area is 123 Å². The van der Waals surface area contributed by atoms with Gasteiger partial charge in [0.2, 0.25) is 0 Å². The molecule has 20 heavy (non-hydrogen) atoms. The first-order valence-electron chi connectivity index (χ1n) is 6.60. The number of amides is 1. The standard InChI is InChI=1S/C16H19NO2S/c1-11-5-4-6-14(9-11)19-13(3)16(18)17-10-15-12(2)7-8-20-15/h4-9,13H,10H2,1-3H3,(H,17,18). The summed E-state index contributed by atoms with van der Waals surface area (Å²) in [5, 5.41) is 4.94. The molecule has 0 spiro atoms. The van der Waals surface area contributed by atoms with Crippen molar-refractivity contribution >= 4 is 17.2 Å². The van der Waals surface area contributed by atoms with E-state index in [1.54, 1.807) is 18.3 Å². The van der Waals surface area contributed by atoms with E-state index >= 15 is 0 Å². The highest BCUT2D eigenvalue weighted by molar-refractivity contribution is 7.10. The van der Waals surface area contributed by atoms with Crippen molar-refractivity contribution in [1.82, 2.24) is 5.32 Å². The van der Waals surface area contributed by atoms with E-state index in [0.717, 1.165) is 11.3 Å². The third kappa shape index (κ3) is 3.84. The number of benzene rings is 1. The second-order valence-electron chi connectivity index (χ2n) is 4.82. The van der Waals surface area contributed by atoms with Gasteiger partial charge in [-0.05, 0) is 55.5 Å². The molecule has 1 unspecified atom stereocenters. The van der Waals surface area contributed by atoms with Crippen molar-refractivity contribution in [1.29, 1.82) is 0 Å². The second-order valence-corrected chi connectivity index (χ2v) is 5.82. The van der Waals surface area contributed by atoms with Crippen LogP contribution in [0.5, 0.6) is 5.75 Å². The largest absolute Gasteiger partial charge is 0.481 e. The average molecular weight is 289 g/mol. The third-order valence-corrected chi connectivity index (χ3v) is 4.09. The molecule has 106 valence electrons. The van der Waals surface area contributed by atoms with Gasteiger partial charge in [-0.3, -0.25) is 4.79 Å². The van der Waals surface area contributed by atoms with Gasteiger partial charge >= 0.3 is 0 Å². The first kappa shape index (κ1) is 14.6. The number of carbonyl (C=O) groups is 1. The van der Waals surface area contributed by atoms with Crippen LogP contribution in [-0.2, 0) is 11.3 Å². The minimum atomic E-state index is -0.503. The van der Waals surface area contributed by atoms with Crippen LogP contribution in [0, 0.1) is 13.8 Å². The topological polar surface area (TPSA) is 38.3 Å². The minimum Gasteiger partial charge on any atom is -0.481 e. The fraction of sp³-hybridized carbons (Fsp3) is 0.312. The summed E-state index contributed by atoms with van der Waals surface area (Å²) >= 11 is 1.65. The Morgan fingerprint density at radius 3 is 2.80 bits per heavy atom. The highest BCUT2D eigenvalue weighted by atomic mass is 32.1. The molecule has 0 aliphatic heterocycles. The lowest BCUT2D eigenvalue weighted by molar-refractivity contribution is -0.127. The first-order chi connectivity index (χ1) is 9.56. The van der Waals surface area contributed by atoms with Crippen molar-refractivity contribution in [2.45, 2.75) is 33.4 Å². The zero-order valence-electron chi connectivity index (χ0n) is 12.0. The van der Waals surface area contributed by atoms with E-state index in [1.807, 2.05) is 43.5 Å². The quantitative estimate of drug-likeness (QED) is 0.915. The van der Waals surface area contributed by atoms with E-state index in [1.165, 1.54) is 10.4 Å². The van der Waals surface area contributed by atoms with Gasteiger partial charge < -0.3 is 10.1 Å². The van der Waals surface area contributed by atoms with Crippen molar-refractivity contribution in [2.75, 3.05) is 0 Å². The predicted molar refractivity (Wildman–Crippen MR) is 82.2 cm³/mol. The summed E-state index contributed by atoms with van der Waals surface area (Å²) < 4.78 is 5.65. The van der Waals surface area contributed by atoms with Crippen LogP contribution >= 0.6 is 11.3 Å². The van der Waals surface area contributed by atoms with E-state index < -0.39 is 6.10 Å². The van der Waals surface area contributed by atoms with Gasteiger partial charge in [-0.25, -0.2) is 0 Å². The molecule has 0 saturated carbocycles. The van der Waals surface area contributed by atoms with Gasteiger partial charge in [0.25, 0.3) is 5.91 Å².